The van der Waals surface area contributed by atoms with Crippen LogP contribution in [0.2, 0.25) is 0 Å². The Bertz CT molecular complexity index is 1380. The minimum atomic E-state index is -0.837. The highest BCUT2D eigenvalue weighted by Crippen LogP contribution is 2.42. The first kappa shape index (κ1) is 27.7. The summed E-state index contributed by atoms with van der Waals surface area (Å²) < 4.78 is 11.2. The number of hydrogen-bond acceptors (Lipinski definition) is 7. The van der Waals surface area contributed by atoms with Crippen LogP contribution in [0.3, 0.4) is 0 Å². The van der Waals surface area contributed by atoms with Crippen molar-refractivity contribution in [2.24, 2.45) is 0 Å². The second-order valence-corrected chi connectivity index (χ2v) is 9.84. The number of methoxy groups -OCH3 is 1. The Morgan fingerprint density at radius 2 is 1.74 bits per heavy atom. The minimum absolute atomic E-state index is 0.00468. The van der Waals surface area contributed by atoms with Gasteiger partial charge in [0, 0.05) is 12.1 Å². The maximum Gasteiger partial charge on any atom is 0.295 e. The molecule has 4 rings (SSSR count). The number of amides is 1. The highest BCUT2D eigenvalue weighted by Gasteiger charge is 2.46. The van der Waals surface area contributed by atoms with Gasteiger partial charge in [0.1, 0.15) is 18.1 Å². The molecule has 1 atom stereocenters. The number of likely N-dealkylation sites (tertiary alicyclic amines) is 1. The lowest BCUT2D eigenvalue weighted by atomic mass is 9.94. The average Bonchev–Trinajstić information content (AvgIpc) is 3.17. The van der Waals surface area contributed by atoms with Crippen molar-refractivity contribution in [1.29, 1.82) is 0 Å². The Hall–Kier alpha value is -4.30. The molecule has 0 radical (unpaired) electrons. The lowest BCUT2D eigenvalue weighted by Crippen LogP contribution is -2.32. The lowest BCUT2D eigenvalue weighted by Gasteiger charge is -2.26. The second kappa shape index (κ2) is 12.0. The molecule has 8 heteroatoms. The summed E-state index contributed by atoms with van der Waals surface area (Å²) in [6, 6.07) is 18.8. The van der Waals surface area contributed by atoms with Gasteiger partial charge in [-0.1, -0.05) is 36.4 Å². The molecule has 0 unspecified atom stereocenters. The smallest absolute Gasteiger partial charge is 0.295 e. The van der Waals surface area contributed by atoms with Gasteiger partial charge in [-0.3, -0.25) is 9.59 Å². The Morgan fingerprint density at radius 1 is 1.00 bits per heavy atom. The molecule has 1 aliphatic heterocycles. The predicted molar refractivity (Wildman–Crippen MR) is 149 cm³/mol. The van der Waals surface area contributed by atoms with Crippen molar-refractivity contribution in [1.82, 2.24) is 9.80 Å². The number of carbonyl (C=O) groups is 2. The number of aryl methyl sites for hydroxylation is 1. The van der Waals surface area contributed by atoms with Gasteiger partial charge >= 0.3 is 0 Å². The molecule has 1 heterocycles. The Kier molecular flexibility index (Phi) is 8.56. The van der Waals surface area contributed by atoms with Gasteiger partial charge in [0.25, 0.3) is 11.7 Å². The quantitative estimate of drug-likeness (QED) is 0.223. The van der Waals surface area contributed by atoms with E-state index in [1.807, 2.05) is 56.3 Å². The Morgan fingerprint density at radius 3 is 2.41 bits per heavy atom. The fourth-order valence-corrected chi connectivity index (χ4v) is 4.73. The molecule has 0 aliphatic carbocycles. The van der Waals surface area contributed by atoms with Crippen LogP contribution in [0.1, 0.15) is 34.7 Å². The van der Waals surface area contributed by atoms with E-state index in [9.17, 15) is 19.8 Å². The van der Waals surface area contributed by atoms with Crippen LogP contribution >= 0.6 is 0 Å². The number of aliphatic hydroxyl groups excluding tert-OH is 1. The monoisotopic (exact) mass is 530 g/mol. The van der Waals surface area contributed by atoms with E-state index in [1.54, 1.807) is 30.3 Å². The fourth-order valence-electron chi connectivity index (χ4n) is 4.73. The summed E-state index contributed by atoms with van der Waals surface area (Å²) >= 11 is 0. The van der Waals surface area contributed by atoms with Gasteiger partial charge in [0.05, 0.1) is 18.7 Å². The highest BCUT2D eigenvalue weighted by molar-refractivity contribution is 6.46. The number of carbonyl (C=O) groups excluding carboxylic acids is 2. The van der Waals surface area contributed by atoms with Gasteiger partial charge in [-0.2, -0.15) is 0 Å². The maximum atomic E-state index is 13.3. The number of nitrogens with zero attached hydrogens (tertiary/aromatic N) is 2. The molecule has 1 amide bonds. The van der Waals surface area contributed by atoms with Gasteiger partial charge in [0.2, 0.25) is 0 Å². The number of rotatable bonds is 10. The molecule has 0 bridgehead atoms. The second-order valence-electron chi connectivity index (χ2n) is 9.84. The van der Waals surface area contributed by atoms with Crippen LogP contribution in [-0.2, 0) is 16.2 Å². The number of aliphatic hydroxyl groups is 1. The molecule has 0 aromatic heterocycles. The molecule has 3 aromatic carbocycles. The zero-order valence-corrected chi connectivity index (χ0v) is 22.7. The van der Waals surface area contributed by atoms with Crippen molar-refractivity contribution < 1.29 is 29.3 Å². The molecule has 39 heavy (non-hydrogen) atoms. The number of Topliss-reactive ketones (excluding diaryl/α,β-unsaturated/α-hetero) is 1. The standard InChI is InChI=1S/C31H34N2O6/c1-20-17-23(12-14-25(20)39-19-21-9-6-5-7-10-21)29(35)27-28(22-11-13-24(34)26(18-22)38-4)33(31(37)30(27)36)16-8-15-32(2)3/h5-7,9-14,17-18,28,34-35H,8,15-16,19H2,1-4H3/t28-/m0/s1. The summed E-state index contributed by atoms with van der Waals surface area (Å²) in [5, 5.41) is 21.6. The first-order chi connectivity index (χ1) is 18.7. The van der Waals surface area contributed by atoms with Crippen LogP contribution < -0.4 is 9.47 Å². The minimum Gasteiger partial charge on any atom is -0.507 e. The fraction of sp³-hybridized carbons (Fsp3) is 0.290. The van der Waals surface area contributed by atoms with Crippen LogP contribution in [0.25, 0.3) is 5.76 Å². The molecule has 1 saturated heterocycles. The number of aromatic hydroxyl groups is 1. The summed E-state index contributed by atoms with van der Waals surface area (Å²) in [6.45, 7) is 3.30. The molecule has 204 valence electrons. The zero-order chi connectivity index (χ0) is 28.1. The van der Waals surface area contributed by atoms with E-state index in [2.05, 4.69) is 0 Å². The zero-order valence-electron chi connectivity index (χ0n) is 22.7. The summed E-state index contributed by atoms with van der Waals surface area (Å²) in [4.78, 5) is 30.0. The number of ketones is 1. The Balaban J connectivity index is 1.71. The van der Waals surface area contributed by atoms with Crippen molar-refractivity contribution >= 4 is 17.4 Å². The average molecular weight is 531 g/mol. The van der Waals surface area contributed by atoms with E-state index >= 15 is 0 Å². The molecule has 3 aromatic rings. The number of phenols is 1. The largest absolute Gasteiger partial charge is 0.507 e. The third-order valence-corrected chi connectivity index (χ3v) is 6.75. The van der Waals surface area contributed by atoms with Crippen LogP contribution in [0.4, 0.5) is 0 Å². The van der Waals surface area contributed by atoms with Crippen LogP contribution in [-0.4, -0.2) is 66.0 Å². The number of benzene rings is 3. The van der Waals surface area contributed by atoms with Crippen molar-refractivity contribution in [3.05, 3.63) is 94.6 Å². The SMILES string of the molecule is COc1cc([C@H]2C(=C(O)c3ccc(OCc4ccccc4)c(C)c3)C(=O)C(=O)N2CCCN(C)C)ccc1O. The van der Waals surface area contributed by atoms with E-state index in [0.717, 1.165) is 17.7 Å². The van der Waals surface area contributed by atoms with Crippen LogP contribution in [0.15, 0.2) is 72.3 Å². The molecular weight excluding hydrogens is 496 g/mol. The summed E-state index contributed by atoms with van der Waals surface area (Å²) in [6.07, 6.45) is 0.637. The highest BCUT2D eigenvalue weighted by atomic mass is 16.5. The maximum absolute atomic E-state index is 13.3. The third-order valence-electron chi connectivity index (χ3n) is 6.75. The van der Waals surface area contributed by atoms with E-state index in [4.69, 9.17) is 9.47 Å². The summed E-state index contributed by atoms with van der Waals surface area (Å²) in [5.41, 5.74) is 2.76. The number of phenolic OH excluding ortho intramolecular Hbond substituents is 1. The summed E-state index contributed by atoms with van der Waals surface area (Å²) in [7, 11) is 5.30. The van der Waals surface area contributed by atoms with E-state index in [-0.39, 0.29) is 22.8 Å². The van der Waals surface area contributed by atoms with Crippen LogP contribution in [0, 0.1) is 6.92 Å². The van der Waals surface area contributed by atoms with Crippen LogP contribution in [0.5, 0.6) is 17.2 Å². The third kappa shape index (κ3) is 6.07. The van der Waals surface area contributed by atoms with Crippen molar-refractivity contribution in [2.75, 3.05) is 34.3 Å². The van der Waals surface area contributed by atoms with Crippen molar-refractivity contribution in [3.8, 4) is 17.2 Å². The van der Waals surface area contributed by atoms with Gasteiger partial charge in [-0.15, -0.1) is 0 Å². The Labute approximate surface area is 228 Å². The number of ether oxygens (including phenoxy) is 2. The molecule has 0 saturated carbocycles. The van der Waals surface area contributed by atoms with Gasteiger partial charge < -0.3 is 29.5 Å². The van der Waals surface area contributed by atoms with Gasteiger partial charge in [0.15, 0.2) is 11.5 Å². The van der Waals surface area contributed by atoms with Crippen molar-refractivity contribution in [3.63, 3.8) is 0 Å². The summed E-state index contributed by atoms with van der Waals surface area (Å²) in [5.74, 6) is -0.893. The molecule has 8 nitrogen and oxygen atoms in total. The van der Waals surface area contributed by atoms with Crippen molar-refractivity contribution in [2.45, 2.75) is 26.0 Å². The predicted octanol–water partition coefficient (Wildman–Crippen LogP) is 4.66. The van der Waals surface area contributed by atoms with Gasteiger partial charge in [-0.25, -0.2) is 0 Å². The van der Waals surface area contributed by atoms with E-state index in [0.29, 0.717) is 36.4 Å². The number of hydrogen-bond donors (Lipinski definition) is 2. The first-order valence-corrected chi connectivity index (χ1v) is 12.8. The molecule has 0 spiro atoms. The van der Waals surface area contributed by atoms with Gasteiger partial charge in [-0.05, 0) is 81.0 Å². The molecule has 1 fully saturated rings. The topological polar surface area (TPSA) is 99.5 Å². The first-order valence-electron chi connectivity index (χ1n) is 12.8. The molecule has 2 N–H and O–H groups in total. The molecule has 1 aliphatic rings. The molecular formula is C31H34N2O6. The lowest BCUT2D eigenvalue weighted by molar-refractivity contribution is -0.139. The normalized spacial score (nSPS) is 16.6. The van der Waals surface area contributed by atoms with E-state index in [1.165, 1.54) is 18.1 Å². The van der Waals surface area contributed by atoms with E-state index < -0.39 is 17.7 Å².